The highest BCUT2D eigenvalue weighted by molar-refractivity contribution is 5.47. The first kappa shape index (κ1) is 21.8. The van der Waals surface area contributed by atoms with Gasteiger partial charge in [0.25, 0.3) is 0 Å². The van der Waals surface area contributed by atoms with Crippen LogP contribution in [-0.4, -0.2) is 32.7 Å². The van der Waals surface area contributed by atoms with Crippen molar-refractivity contribution in [3.63, 3.8) is 0 Å². The number of halogens is 1. The Balaban J connectivity index is 0.00000163. The Hall–Kier alpha value is -2.22. The lowest BCUT2D eigenvalue weighted by Gasteiger charge is -2.31. The van der Waals surface area contributed by atoms with Crippen molar-refractivity contribution < 1.29 is 9.13 Å². The number of nitriles is 1. The maximum Gasteiger partial charge on any atom is 0.115 e. The fourth-order valence-corrected chi connectivity index (χ4v) is 3.24. The van der Waals surface area contributed by atoms with Crippen LogP contribution in [0.4, 0.5) is 4.39 Å². The van der Waals surface area contributed by atoms with E-state index in [1.807, 2.05) is 24.3 Å². The summed E-state index contributed by atoms with van der Waals surface area (Å²) in [5.74, 6) is 0. The van der Waals surface area contributed by atoms with Crippen LogP contribution in [0, 0.1) is 11.3 Å². The second kappa shape index (κ2) is 10.7. The predicted octanol–water partition coefficient (Wildman–Crippen LogP) is 4.90. The SMILES string of the molecule is C=C/C=C\C=C(/C)C1(CCCN(C)C)OCc2cc(C#N)ccc21.CF. The molecule has 1 heterocycles. The van der Waals surface area contributed by atoms with Crippen LogP contribution in [0.5, 0.6) is 0 Å². The molecule has 0 fully saturated rings. The van der Waals surface area contributed by atoms with Gasteiger partial charge in [0.15, 0.2) is 0 Å². The Labute approximate surface area is 157 Å². The van der Waals surface area contributed by atoms with Gasteiger partial charge in [-0.2, -0.15) is 5.26 Å². The van der Waals surface area contributed by atoms with Gasteiger partial charge in [0, 0.05) is 0 Å². The number of nitrogens with zero attached hydrogens (tertiary/aromatic N) is 2. The summed E-state index contributed by atoms with van der Waals surface area (Å²) in [6, 6.07) is 8.12. The highest BCUT2D eigenvalue weighted by Crippen LogP contribution is 2.45. The average molecular weight is 356 g/mol. The van der Waals surface area contributed by atoms with Crippen LogP contribution in [0.15, 0.2) is 54.7 Å². The Morgan fingerprint density at radius 2 is 2.12 bits per heavy atom. The minimum atomic E-state index is -0.398. The zero-order valence-electron chi connectivity index (χ0n) is 16.3. The van der Waals surface area contributed by atoms with Gasteiger partial charge >= 0.3 is 0 Å². The van der Waals surface area contributed by atoms with E-state index in [2.05, 4.69) is 50.7 Å². The van der Waals surface area contributed by atoms with E-state index >= 15 is 0 Å². The van der Waals surface area contributed by atoms with Crippen molar-refractivity contribution in [2.24, 2.45) is 0 Å². The van der Waals surface area contributed by atoms with Crippen molar-refractivity contribution in [2.75, 3.05) is 27.8 Å². The van der Waals surface area contributed by atoms with Crippen LogP contribution in [0.1, 0.15) is 36.5 Å². The first-order chi connectivity index (χ1) is 12.5. The van der Waals surface area contributed by atoms with Gasteiger partial charge in [0.05, 0.1) is 25.4 Å². The van der Waals surface area contributed by atoms with E-state index in [0.29, 0.717) is 19.3 Å². The van der Waals surface area contributed by atoms with E-state index in [1.54, 1.807) is 6.08 Å². The van der Waals surface area contributed by atoms with E-state index in [0.717, 1.165) is 24.9 Å². The van der Waals surface area contributed by atoms with E-state index in [4.69, 9.17) is 10.00 Å². The molecule has 4 heteroatoms. The number of benzene rings is 1. The maximum absolute atomic E-state index is 9.50. The van der Waals surface area contributed by atoms with Crippen LogP contribution in [0.2, 0.25) is 0 Å². The standard InChI is InChI=1S/C21H26N2O.CH3F/c1-5-6-7-9-17(2)21(12-8-13-23(3)4)20-11-10-18(15-22)14-19(20)16-24-21;1-2/h5-7,9-11,14H,1,8,12-13,16H2,2-4H3;1H3/b7-6-,17-9+;. The fourth-order valence-electron chi connectivity index (χ4n) is 3.24. The summed E-state index contributed by atoms with van der Waals surface area (Å²) in [4.78, 5) is 2.19. The first-order valence-electron chi connectivity index (χ1n) is 8.70. The molecular formula is C22H29FN2O. The maximum atomic E-state index is 9.50. The molecule has 0 saturated heterocycles. The Kier molecular flexibility index (Phi) is 8.98. The van der Waals surface area contributed by atoms with Crippen molar-refractivity contribution in [3.05, 3.63) is 71.3 Å². The Morgan fingerprint density at radius 1 is 1.38 bits per heavy atom. The minimum Gasteiger partial charge on any atom is -0.361 e. The number of rotatable bonds is 7. The molecule has 0 saturated carbocycles. The molecule has 3 nitrogen and oxygen atoms in total. The lowest BCUT2D eigenvalue weighted by molar-refractivity contribution is -0.0171. The van der Waals surface area contributed by atoms with Crippen LogP contribution in [0.3, 0.4) is 0 Å². The molecule has 26 heavy (non-hydrogen) atoms. The molecule has 0 aromatic heterocycles. The molecule has 2 rings (SSSR count). The minimum absolute atomic E-state index is 0.398. The summed E-state index contributed by atoms with van der Waals surface area (Å²) in [5.41, 5.74) is 3.79. The molecule has 0 radical (unpaired) electrons. The summed E-state index contributed by atoms with van der Waals surface area (Å²) in [5, 5.41) is 9.13. The van der Waals surface area contributed by atoms with Crippen molar-refractivity contribution in [1.82, 2.24) is 4.90 Å². The van der Waals surface area contributed by atoms with Crippen LogP contribution < -0.4 is 0 Å². The molecule has 0 aliphatic carbocycles. The molecule has 1 aromatic carbocycles. The normalized spacial score (nSPS) is 19.0. The molecule has 0 spiro atoms. The summed E-state index contributed by atoms with van der Waals surface area (Å²) in [6.07, 6.45) is 9.76. The third-order valence-corrected chi connectivity index (χ3v) is 4.51. The van der Waals surface area contributed by atoms with Gasteiger partial charge in [-0.15, -0.1) is 0 Å². The monoisotopic (exact) mass is 356 g/mol. The van der Waals surface area contributed by atoms with E-state index in [1.165, 1.54) is 11.1 Å². The lowest BCUT2D eigenvalue weighted by Crippen LogP contribution is -2.28. The highest BCUT2D eigenvalue weighted by Gasteiger charge is 2.41. The Morgan fingerprint density at radius 3 is 2.73 bits per heavy atom. The highest BCUT2D eigenvalue weighted by atomic mass is 19.1. The number of allylic oxidation sites excluding steroid dienone is 4. The van der Waals surface area contributed by atoms with Gasteiger partial charge in [-0.25, -0.2) is 0 Å². The molecule has 1 aliphatic rings. The van der Waals surface area contributed by atoms with Crippen LogP contribution in [0.25, 0.3) is 0 Å². The first-order valence-corrected chi connectivity index (χ1v) is 8.70. The number of fused-ring (bicyclic) bond motifs is 1. The van der Waals surface area contributed by atoms with Crippen molar-refractivity contribution in [2.45, 2.75) is 32.0 Å². The number of ether oxygens (including phenoxy) is 1. The molecule has 1 unspecified atom stereocenters. The summed E-state index contributed by atoms with van der Waals surface area (Å²) in [6.45, 7) is 7.41. The van der Waals surface area contributed by atoms with Gasteiger partial charge < -0.3 is 9.64 Å². The average Bonchev–Trinajstić information content (AvgIpc) is 3.02. The molecule has 1 aliphatic heterocycles. The molecule has 0 bridgehead atoms. The van der Waals surface area contributed by atoms with E-state index in [-0.39, 0.29) is 0 Å². The molecule has 1 aromatic rings. The van der Waals surface area contributed by atoms with Gasteiger partial charge in [0.2, 0.25) is 0 Å². The number of hydrogen-bond acceptors (Lipinski definition) is 3. The quantitative estimate of drug-likeness (QED) is 0.652. The predicted molar refractivity (Wildman–Crippen MR) is 106 cm³/mol. The van der Waals surface area contributed by atoms with E-state index in [9.17, 15) is 4.39 Å². The summed E-state index contributed by atoms with van der Waals surface area (Å²) in [7, 11) is 4.68. The zero-order valence-corrected chi connectivity index (χ0v) is 16.3. The molecular weight excluding hydrogens is 327 g/mol. The zero-order chi connectivity index (χ0) is 19.6. The summed E-state index contributed by atoms with van der Waals surface area (Å²) >= 11 is 0. The molecule has 1 atom stereocenters. The van der Waals surface area contributed by atoms with Crippen molar-refractivity contribution in [3.8, 4) is 6.07 Å². The molecule has 0 amide bonds. The van der Waals surface area contributed by atoms with Gasteiger partial charge in [-0.1, -0.05) is 36.9 Å². The van der Waals surface area contributed by atoms with Crippen molar-refractivity contribution in [1.29, 1.82) is 5.26 Å². The summed E-state index contributed by atoms with van der Waals surface area (Å²) < 4.78 is 15.8. The topological polar surface area (TPSA) is 36.3 Å². The second-order valence-corrected chi connectivity index (χ2v) is 6.48. The van der Waals surface area contributed by atoms with E-state index < -0.39 is 5.60 Å². The second-order valence-electron chi connectivity index (χ2n) is 6.48. The van der Waals surface area contributed by atoms with Gasteiger partial charge in [-0.3, -0.25) is 4.39 Å². The van der Waals surface area contributed by atoms with Gasteiger partial charge in [0.1, 0.15) is 5.60 Å². The van der Waals surface area contributed by atoms with Crippen LogP contribution >= 0.6 is 0 Å². The number of alkyl halides is 1. The Bertz CT molecular complexity index is 701. The molecule has 140 valence electrons. The molecule has 0 N–H and O–H groups in total. The van der Waals surface area contributed by atoms with Crippen molar-refractivity contribution >= 4 is 0 Å². The van der Waals surface area contributed by atoms with Gasteiger partial charge in [-0.05, 0) is 69.2 Å². The smallest absolute Gasteiger partial charge is 0.115 e. The third kappa shape index (κ3) is 5.14. The fraction of sp³-hybridized carbons (Fsp3) is 0.409. The number of hydrogen-bond donors (Lipinski definition) is 0. The lowest BCUT2D eigenvalue weighted by atomic mass is 9.81. The van der Waals surface area contributed by atoms with Crippen LogP contribution in [-0.2, 0) is 16.9 Å². The third-order valence-electron chi connectivity index (χ3n) is 4.51. The largest absolute Gasteiger partial charge is 0.361 e.